The van der Waals surface area contributed by atoms with Gasteiger partial charge in [-0.2, -0.15) is 0 Å². The molecule has 1 fully saturated rings. The van der Waals surface area contributed by atoms with E-state index in [-0.39, 0.29) is 47.5 Å². The topological polar surface area (TPSA) is 145 Å². The molecule has 0 bridgehead atoms. The van der Waals surface area contributed by atoms with Gasteiger partial charge in [0.2, 0.25) is 0 Å². The molecule has 0 radical (unpaired) electrons. The number of aryl methyl sites for hydroxylation is 1. The number of aromatic amines is 1. The standard InChI is InChI=1S/C28H31N5O6S.CH4/c1-4-38-23-14-13-21(40(36,37)32-20-12-8-11-19(15-20)28(35)39-5-2)16-22(23)25-30-27(34)24-17(3)29-26(33(24)31-25)18-9-6-7-10-18;/h8,11-16,18,32H,4-7,9-10H2,1-3H3,(H,30,31,34);1H4. The van der Waals surface area contributed by atoms with Gasteiger partial charge in [0.05, 0.1) is 34.9 Å². The summed E-state index contributed by atoms with van der Waals surface area (Å²) in [5.41, 5.74) is 1.33. The maximum Gasteiger partial charge on any atom is 0.338 e. The van der Waals surface area contributed by atoms with Gasteiger partial charge in [0.25, 0.3) is 15.6 Å². The van der Waals surface area contributed by atoms with Crippen molar-refractivity contribution in [3.63, 3.8) is 0 Å². The van der Waals surface area contributed by atoms with Crippen LogP contribution < -0.4 is 15.0 Å². The number of fused-ring (bicyclic) bond motifs is 1. The first-order valence-electron chi connectivity index (χ1n) is 13.3. The molecule has 218 valence electrons. The zero-order chi connectivity index (χ0) is 28.4. The van der Waals surface area contributed by atoms with Crippen molar-refractivity contribution in [1.29, 1.82) is 0 Å². The summed E-state index contributed by atoms with van der Waals surface area (Å²) in [4.78, 5) is 32.7. The molecule has 41 heavy (non-hydrogen) atoms. The monoisotopic (exact) mass is 581 g/mol. The lowest BCUT2D eigenvalue weighted by atomic mass is 10.1. The molecule has 5 rings (SSSR count). The second-order valence-electron chi connectivity index (χ2n) is 9.60. The highest BCUT2D eigenvalue weighted by Crippen LogP contribution is 2.35. The number of aromatic nitrogens is 4. The van der Waals surface area contributed by atoms with Crippen molar-refractivity contribution in [1.82, 2.24) is 19.6 Å². The number of ether oxygens (including phenoxy) is 2. The summed E-state index contributed by atoms with van der Waals surface area (Å²) in [6, 6.07) is 10.4. The van der Waals surface area contributed by atoms with Gasteiger partial charge >= 0.3 is 5.97 Å². The van der Waals surface area contributed by atoms with E-state index in [2.05, 4.69) is 14.7 Å². The predicted octanol–water partition coefficient (Wildman–Crippen LogP) is 5.06. The first-order valence-corrected chi connectivity index (χ1v) is 14.8. The number of rotatable bonds is 9. The van der Waals surface area contributed by atoms with E-state index in [9.17, 15) is 18.0 Å². The molecule has 4 aromatic rings. The van der Waals surface area contributed by atoms with Crippen LogP contribution in [-0.2, 0) is 14.8 Å². The van der Waals surface area contributed by atoms with Crippen molar-refractivity contribution >= 4 is 27.2 Å². The average Bonchev–Trinajstić information content (AvgIpc) is 3.57. The highest BCUT2D eigenvalue weighted by molar-refractivity contribution is 7.92. The molecule has 1 saturated carbocycles. The molecule has 0 aliphatic heterocycles. The number of nitrogens with zero attached hydrogens (tertiary/aromatic N) is 3. The van der Waals surface area contributed by atoms with Crippen LogP contribution in [0.25, 0.3) is 16.9 Å². The summed E-state index contributed by atoms with van der Waals surface area (Å²) in [6.07, 6.45) is 4.14. The van der Waals surface area contributed by atoms with Gasteiger partial charge in [-0.05, 0) is 70.0 Å². The first-order chi connectivity index (χ1) is 19.2. The Balaban J connectivity index is 0.00000387. The Morgan fingerprint density at radius 2 is 1.88 bits per heavy atom. The lowest BCUT2D eigenvalue weighted by Gasteiger charge is -2.14. The van der Waals surface area contributed by atoms with Crippen LogP contribution in [0.3, 0.4) is 0 Å². The van der Waals surface area contributed by atoms with Crippen molar-refractivity contribution in [2.24, 2.45) is 0 Å². The van der Waals surface area contributed by atoms with E-state index in [0.29, 0.717) is 29.1 Å². The third-order valence-electron chi connectivity index (χ3n) is 6.86. The highest BCUT2D eigenvalue weighted by Gasteiger charge is 2.26. The zero-order valence-electron chi connectivity index (χ0n) is 22.6. The predicted molar refractivity (Wildman–Crippen MR) is 156 cm³/mol. The van der Waals surface area contributed by atoms with Crippen molar-refractivity contribution in [3.05, 3.63) is 69.9 Å². The van der Waals surface area contributed by atoms with Crippen molar-refractivity contribution in [2.75, 3.05) is 17.9 Å². The van der Waals surface area contributed by atoms with Gasteiger partial charge in [-0.25, -0.2) is 22.7 Å². The maximum atomic E-state index is 13.4. The Morgan fingerprint density at radius 3 is 2.59 bits per heavy atom. The van der Waals surface area contributed by atoms with Gasteiger partial charge in [0.15, 0.2) is 11.3 Å². The summed E-state index contributed by atoms with van der Waals surface area (Å²) < 4.78 is 41.7. The highest BCUT2D eigenvalue weighted by atomic mass is 32.2. The molecule has 1 aliphatic carbocycles. The summed E-state index contributed by atoms with van der Waals surface area (Å²) in [5, 5.41) is 4.72. The summed E-state index contributed by atoms with van der Waals surface area (Å²) in [5.74, 6) is 0.925. The number of carbonyl (C=O) groups is 1. The molecule has 11 nitrogen and oxygen atoms in total. The minimum absolute atomic E-state index is 0. The number of imidazole rings is 1. The van der Waals surface area contributed by atoms with Gasteiger partial charge in [-0.15, -0.1) is 5.10 Å². The largest absolute Gasteiger partial charge is 0.493 e. The maximum absolute atomic E-state index is 13.4. The number of hydrogen-bond donors (Lipinski definition) is 2. The van der Waals surface area contributed by atoms with E-state index in [1.165, 1.54) is 30.3 Å². The molecule has 2 aromatic heterocycles. The van der Waals surface area contributed by atoms with Crippen LogP contribution in [0.15, 0.2) is 52.2 Å². The van der Waals surface area contributed by atoms with Crippen LogP contribution in [0.4, 0.5) is 5.69 Å². The van der Waals surface area contributed by atoms with Gasteiger partial charge in [0.1, 0.15) is 11.6 Å². The zero-order valence-corrected chi connectivity index (χ0v) is 23.4. The Hall–Kier alpha value is -4.19. The molecular weight excluding hydrogens is 546 g/mol. The van der Waals surface area contributed by atoms with Gasteiger partial charge in [-0.1, -0.05) is 26.3 Å². The molecule has 0 spiro atoms. The van der Waals surface area contributed by atoms with Crippen LogP contribution in [0.2, 0.25) is 0 Å². The lowest BCUT2D eigenvalue weighted by molar-refractivity contribution is 0.0526. The quantitative estimate of drug-likeness (QED) is 0.261. The molecule has 12 heteroatoms. The Kier molecular flexibility index (Phi) is 8.81. The van der Waals surface area contributed by atoms with Crippen molar-refractivity contribution in [3.8, 4) is 17.1 Å². The van der Waals surface area contributed by atoms with Crippen LogP contribution in [-0.4, -0.2) is 47.2 Å². The number of carbonyl (C=O) groups excluding carboxylic acids is 1. The van der Waals surface area contributed by atoms with Crippen LogP contribution in [0.1, 0.15) is 74.8 Å². The number of anilines is 1. The summed E-state index contributed by atoms with van der Waals surface area (Å²) in [7, 11) is -4.10. The fourth-order valence-corrected chi connectivity index (χ4v) is 6.12. The molecule has 2 aromatic carbocycles. The van der Waals surface area contributed by atoms with Gasteiger partial charge < -0.3 is 14.5 Å². The number of nitrogens with one attached hydrogen (secondary N) is 2. The number of H-pyrrole nitrogens is 1. The van der Waals surface area contributed by atoms with E-state index in [1.54, 1.807) is 30.5 Å². The SMILES string of the molecule is C.CCOC(=O)c1cccc(NS(=O)(=O)c2ccc(OCC)c(-c3nn4c(C5CCCC5)nc(C)c4c(=O)[nH]3)c2)c1. The fraction of sp³-hybridized carbons (Fsp3) is 0.379. The van der Waals surface area contributed by atoms with Crippen LogP contribution in [0.5, 0.6) is 5.75 Å². The minimum atomic E-state index is -4.10. The molecule has 0 saturated heterocycles. The molecule has 2 heterocycles. The van der Waals surface area contributed by atoms with Crippen molar-refractivity contribution in [2.45, 2.75) is 64.7 Å². The molecule has 1 aliphatic rings. The lowest BCUT2D eigenvalue weighted by Crippen LogP contribution is -2.17. The van der Waals surface area contributed by atoms with Gasteiger partial charge in [0, 0.05) is 11.6 Å². The van der Waals surface area contributed by atoms with Crippen LogP contribution in [0, 0.1) is 6.92 Å². The second kappa shape index (κ2) is 12.1. The molecule has 2 N–H and O–H groups in total. The third kappa shape index (κ3) is 5.97. The number of benzene rings is 2. The summed E-state index contributed by atoms with van der Waals surface area (Å²) >= 11 is 0. The van der Waals surface area contributed by atoms with E-state index in [4.69, 9.17) is 14.6 Å². The third-order valence-corrected chi connectivity index (χ3v) is 8.24. The smallest absolute Gasteiger partial charge is 0.338 e. The Morgan fingerprint density at radius 1 is 1.12 bits per heavy atom. The molecule has 0 amide bonds. The van der Waals surface area contributed by atoms with Crippen molar-refractivity contribution < 1.29 is 22.7 Å². The fourth-order valence-electron chi connectivity index (χ4n) is 5.04. The average molecular weight is 582 g/mol. The second-order valence-corrected chi connectivity index (χ2v) is 11.3. The van der Waals surface area contributed by atoms with E-state index in [0.717, 1.165) is 31.5 Å². The Bertz CT molecular complexity index is 1740. The van der Waals surface area contributed by atoms with E-state index < -0.39 is 16.0 Å². The van der Waals surface area contributed by atoms with E-state index >= 15 is 0 Å². The Labute approximate surface area is 239 Å². The summed E-state index contributed by atoms with van der Waals surface area (Å²) in [6.45, 7) is 5.81. The molecule has 0 unspecified atom stereocenters. The number of hydrogen-bond acceptors (Lipinski definition) is 8. The minimum Gasteiger partial charge on any atom is -0.493 e. The van der Waals surface area contributed by atoms with Gasteiger partial charge in [-0.3, -0.25) is 9.52 Å². The first kappa shape index (κ1) is 29.8. The molecular formula is C29H35N5O6S. The number of sulfonamides is 1. The van der Waals surface area contributed by atoms with E-state index in [1.807, 2.05) is 6.92 Å². The normalized spacial score (nSPS) is 13.6. The molecule has 0 atom stereocenters. The number of esters is 1. The van der Waals surface area contributed by atoms with Crippen LogP contribution >= 0.6 is 0 Å².